The molecule has 1 aromatic carbocycles. The number of pyridine rings is 1. The molecular weight excluding hydrogens is 316 g/mol. The molecule has 0 radical (unpaired) electrons. The molecule has 134 valence electrons. The van der Waals surface area contributed by atoms with E-state index in [-0.39, 0.29) is 5.91 Å². The first-order valence-corrected chi connectivity index (χ1v) is 8.45. The number of nitrogens with one attached hydrogen (secondary N) is 1. The van der Waals surface area contributed by atoms with Crippen molar-refractivity contribution in [3.63, 3.8) is 0 Å². The topological polar surface area (TPSA) is 60.5 Å². The zero-order valence-corrected chi connectivity index (χ0v) is 15.4. The van der Waals surface area contributed by atoms with E-state index < -0.39 is 0 Å². The van der Waals surface area contributed by atoms with E-state index in [4.69, 9.17) is 9.47 Å². The third-order valence-electron chi connectivity index (χ3n) is 4.04. The van der Waals surface area contributed by atoms with Crippen LogP contribution in [0.4, 0.5) is 0 Å². The fraction of sp³-hybridized carbons (Fsp3) is 0.400. The van der Waals surface area contributed by atoms with Gasteiger partial charge in [-0.25, -0.2) is 4.98 Å². The van der Waals surface area contributed by atoms with Crippen LogP contribution in [0.1, 0.15) is 30.2 Å². The Bertz CT molecular complexity index is 729. The molecule has 1 aromatic heterocycles. The summed E-state index contributed by atoms with van der Waals surface area (Å²) in [7, 11) is 1.71. The van der Waals surface area contributed by atoms with Crippen LogP contribution >= 0.6 is 0 Å². The molecule has 2 aromatic rings. The Kier molecular flexibility index (Phi) is 6.95. The number of ether oxygens (including phenoxy) is 2. The van der Waals surface area contributed by atoms with Crippen molar-refractivity contribution in [2.24, 2.45) is 0 Å². The molecule has 1 N–H and O–H groups in total. The van der Waals surface area contributed by atoms with Gasteiger partial charge in [0.1, 0.15) is 0 Å². The lowest BCUT2D eigenvalue weighted by Crippen LogP contribution is -2.22. The lowest BCUT2D eigenvalue weighted by Gasteiger charge is -2.14. The Hall–Kier alpha value is -2.40. The molecule has 0 aliphatic heterocycles. The highest BCUT2D eigenvalue weighted by Gasteiger charge is 2.10. The van der Waals surface area contributed by atoms with Gasteiger partial charge < -0.3 is 14.8 Å². The number of nitrogens with zero attached hydrogens (tertiary/aromatic N) is 1. The van der Waals surface area contributed by atoms with Crippen LogP contribution in [0.5, 0.6) is 5.88 Å². The maximum Gasteiger partial charge on any atom is 0.216 e. The SMILES string of the molecule is COCc1cccc(-c2ccc(OCCCNC(C)=O)nc2C)c1C. The zero-order valence-electron chi connectivity index (χ0n) is 15.4. The maximum atomic E-state index is 10.8. The van der Waals surface area contributed by atoms with Crippen LogP contribution in [0.3, 0.4) is 0 Å². The molecule has 0 saturated heterocycles. The smallest absolute Gasteiger partial charge is 0.216 e. The second-order valence-corrected chi connectivity index (χ2v) is 5.99. The number of methoxy groups -OCH3 is 1. The van der Waals surface area contributed by atoms with Crippen molar-refractivity contribution in [2.75, 3.05) is 20.3 Å². The van der Waals surface area contributed by atoms with E-state index in [9.17, 15) is 4.79 Å². The molecule has 1 amide bonds. The minimum absolute atomic E-state index is 0.0237. The highest BCUT2D eigenvalue weighted by Crippen LogP contribution is 2.29. The Morgan fingerprint density at radius 1 is 1.16 bits per heavy atom. The van der Waals surface area contributed by atoms with Crippen molar-refractivity contribution in [3.8, 4) is 17.0 Å². The van der Waals surface area contributed by atoms with E-state index in [2.05, 4.69) is 29.4 Å². The van der Waals surface area contributed by atoms with E-state index in [1.807, 2.05) is 25.1 Å². The largest absolute Gasteiger partial charge is 0.478 e. The van der Waals surface area contributed by atoms with Crippen LogP contribution < -0.4 is 10.1 Å². The first-order chi connectivity index (χ1) is 12.0. The van der Waals surface area contributed by atoms with E-state index in [1.165, 1.54) is 18.1 Å². The number of hydrogen-bond acceptors (Lipinski definition) is 4. The fourth-order valence-corrected chi connectivity index (χ4v) is 2.70. The molecule has 0 atom stereocenters. The number of carbonyl (C=O) groups is 1. The summed E-state index contributed by atoms with van der Waals surface area (Å²) >= 11 is 0. The van der Waals surface area contributed by atoms with E-state index in [0.29, 0.717) is 25.6 Å². The predicted molar refractivity (Wildman–Crippen MR) is 98.7 cm³/mol. The second kappa shape index (κ2) is 9.18. The molecule has 2 rings (SSSR count). The zero-order chi connectivity index (χ0) is 18.2. The van der Waals surface area contributed by atoms with Crippen LogP contribution in [0.15, 0.2) is 30.3 Å². The molecule has 0 saturated carbocycles. The number of amides is 1. The minimum atomic E-state index is -0.0237. The summed E-state index contributed by atoms with van der Waals surface area (Å²) in [6.45, 7) is 7.33. The molecule has 0 bridgehead atoms. The van der Waals surface area contributed by atoms with Crippen molar-refractivity contribution in [1.82, 2.24) is 10.3 Å². The van der Waals surface area contributed by atoms with Gasteiger partial charge in [-0.1, -0.05) is 18.2 Å². The van der Waals surface area contributed by atoms with Crippen LogP contribution in [0, 0.1) is 13.8 Å². The number of carbonyl (C=O) groups excluding carboxylic acids is 1. The lowest BCUT2D eigenvalue weighted by molar-refractivity contribution is -0.118. The number of benzene rings is 1. The number of hydrogen-bond donors (Lipinski definition) is 1. The third-order valence-corrected chi connectivity index (χ3v) is 4.04. The molecule has 25 heavy (non-hydrogen) atoms. The van der Waals surface area contributed by atoms with Crippen molar-refractivity contribution in [2.45, 2.75) is 33.8 Å². The van der Waals surface area contributed by atoms with Crippen molar-refractivity contribution < 1.29 is 14.3 Å². The first-order valence-electron chi connectivity index (χ1n) is 8.45. The van der Waals surface area contributed by atoms with Gasteiger partial charge in [-0.15, -0.1) is 0 Å². The van der Waals surface area contributed by atoms with Gasteiger partial charge in [-0.3, -0.25) is 4.79 Å². The van der Waals surface area contributed by atoms with Gasteiger partial charge >= 0.3 is 0 Å². The summed E-state index contributed by atoms with van der Waals surface area (Å²) < 4.78 is 10.9. The highest BCUT2D eigenvalue weighted by atomic mass is 16.5. The van der Waals surface area contributed by atoms with Gasteiger partial charge in [0.2, 0.25) is 11.8 Å². The Morgan fingerprint density at radius 3 is 2.64 bits per heavy atom. The van der Waals surface area contributed by atoms with E-state index >= 15 is 0 Å². The normalized spacial score (nSPS) is 10.6. The summed E-state index contributed by atoms with van der Waals surface area (Å²) in [5.74, 6) is 0.583. The molecule has 0 fully saturated rings. The first kappa shape index (κ1) is 18.9. The average Bonchev–Trinajstić information content (AvgIpc) is 2.57. The summed E-state index contributed by atoms with van der Waals surface area (Å²) in [6, 6.07) is 10.2. The summed E-state index contributed by atoms with van der Waals surface area (Å²) in [6.07, 6.45) is 0.750. The van der Waals surface area contributed by atoms with Gasteiger partial charge in [0, 0.05) is 37.9 Å². The van der Waals surface area contributed by atoms with Gasteiger partial charge in [0.15, 0.2) is 0 Å². The highest BCUT2D eigenvalue weighted by molar-refractivity contribution is 5.72. The molecular formula is C20H26N2O3. The quantitative estimate of drug-likeness (QED) is 0.747. The van der Waals surface area contributed by atoms with Gasteiger partial charge in [0.05, 0.1) is 13.2 Å². The third kappa shape index (κ3) is 5.29. The average molecular weight is 342 g/mol. The van der Waals surface area contributed by atoms with Crippen molar-refractivity contribution >= 4 is 5.91 Å². The van der Waals surface area contributed by atoms with Gasteiger partial charge in [-0.2, -0.15) is 0 Å². The Balaban J connectivity index is 2.07. The number of aromatic nitrogens is 1. The van der Waals surface area contributed by atoms with E-state index in [1.54, 1.807) is 7.11 Å². The molecule has 1 heterocycles. The van der Waals surface area contributed by atoms with Crippen molar-refractivity contribution in [3.05, 3.63) is 47.2 Å². The minimum Gasteiger partial charge on any atom is -0.478 e. The fourth-order valence-electron chi connectivity index (χ4n) is 2.70. The van der Waals surface area contributed by atoms with Crippen LogP contribution in [0.25, 0.3) is 11.1 Å². The van der Waals surface area contributed by atoms with Crippen LogP contribution in [0.2, 0.25) is 0 Å². The maximum absolute atomic E-state index is 10.8. The molecule has 0 spiro atoms. The Labute approximate surface area is 149 Å². The van der Waals surface area contributed by atoms with Crippen LogP contribution in [-0.4, -0.2) is 31.2 Å². The summed E-state index contributed by atoms with van der Waals surface area (Å²) in [5.41, 5.74) is 5.57. The second-order valence-electron chi connectivity index (χ2n) is 5.99. The lowest BCUT2D eigenvalue weighted by atomic mass is 9.96. The Morgan fingerprint density at radius 2 is 1.96 bits per heavy atom. The predicted octanol–water partition coefficient (Wildman–Crippen LogP) is 3.42. The van der Waals surface area contributed by atoms with E-state index in [0.717, 1.165) is 23.2 Å². The molecule has 0 aliphatic carbocycles. The van der Waals surface area contributed by atoms with Crippen LogP contribution in [-0.2, 0) is 16.1 Å². The standard InChI is InChI=1S/C20H26N2O3/c1-14-17(13-24-4)7-5-8-18(14)19-9-10-20(22-15(19)2)25-12-6-11-21-16(3)23/h5,7-10H,6,11-13H2,1-4H3,(H,21,23). The molecule has 0 aliphatic rings. The van der Waals surface area contributed by atoms with Gasteiger partial charge in [-0.05, 0) is 43.0 Å². The van der Waals surface area contributed by atoms with Crippen molar-refractivity contribution in [1.29, 1.82) is 0 Å². The van der Waals surface area contributed by atoms with Gasteiger partial charge in [0.25, 0.3) is 0 Å². The number of aryl methyl sites for hydroxylation is 1. The summed E-state index contributed by atoms with van der Waals surface area (Å²) in [5, 5.41) is 2.75. The molecule has 5 heteroatoms. The monoisotopic (exact) mass is 342 g/mol. The number of rotatable bonds is 8. The molecule has 0 unspecified atom stereocenters. The summed E-state index contributed by atoms with van der Waals surface area (Å²) in [4.78, 5) is 15.4. The molecule has 5 nitrogen and oxygen atoms in total.